The van der Waals surface area contributed by atoms with Crippen molar-refractivity contribution in [2.75, 3.05) is 20.1 Å². The van der Waals surface area contributed by atoms with Crippen molar-refractivity contribution in [3.63, 3.8) is 0 Å². The van der Waals surface area contributed by atoms with Crippen molar-refractivity contribution in [3.8, 4) is 11.3 Å². The Kier molecular flexibility index (Phi) is 6.39. The maximum Gasteiger partial charge on any atom is 0.263 e. The zero-order valence-electron chi connectivity index (χ0n) is 16.7. The summed E-state index contributed by atoms with van der Waals surface area (Å²) >= 11 is 4.88. The lowest BCUT2D eigenvalue weighted by Gasteiger charge is -2.33. The van der Waals surface area contributed by atoms with Crippen molar-refractivity contribution in [1.82, 2.24) is 9.80 Å². The molecule has 1 saturated heterocycles. The summed E-state index contributed by atoms with van der Waals surface area (Å²) in [6, 6.07) is 15.5. The van der Waals surface area contributed by atoms with Crippen molar-refractivity contribution >= 4 is 39.1 Å². The number of thiophene rings is 1. The molecule has 3 aromatic rings. The molecule has 7 heteroatoms. The minimum atomic E-state index is -0.173. The molecule has 0 bridgehead atoms. The third-order valence-corrected chi connectivity index (χ3v) is 6.74. The van der Waals surface area contributed by atoms with Crippen LogP contribution in [0.3, 0.4) is 0 Å². The quantitative estimate of drug-likeness (QED) is 0.492. The average Bonchev–Trinajstić information content (AvgIpc) is 3.46. The number of rotatable bonds is 5. The van der Waals surface area contributed by atoms with Gasteiger partial charge in [0.15, 0.2) is 0 Å². The van der Waals surface area contributed by atoms with Crippen molar-refractivity contribution < 1.29 is 14.0 Å². The van der Waals surface area contributed by atoms with Gasteiger partial charge < -0.3 is 14.2 Å². The van der Waals surface area contributed by atoms with E-state index in [4.69, 9.17) is 4.42 Å². The second-order valence-corrected chi connectivity index (χ2v) is 9.40. The van der Waals surface area contributed by atoms with Crippen LogP contribution in [-0.2, 0) is 11.3 Å². The second kappa shape index (κ2) is 9.18. The van der Waals surface area contributed by atoms with Gasteiger partial charge in [-0.15, -0.1) is 11.3 Å². The summed E-state index contributed by atoms with van der Waals surface area (Å²) in [4.78, 5) is 29.9. The van der Waals surface area contributed by atoms with Crippen LogP contribution in [0.4, 0.5) is 0 Å². The molecule has 5 nitrogen and oxygen atoms in total. The van der Waals surface area contributed by atoms with E-state index in [1.165, 1.54) is 11.3 Å². The molecule has 2 aromatic heterocycles. The molecule has 0 unspecified atom stereocenters. The molecule has 1 aliphatic heterocycles. The lowest BCUT2D eigenvalue weighted by atomic mass is 9.96. The van der Waals surface area contributed by atoms with Crippen LogP contribution in [0.5, 0.6) is 0 Å². The van der Waals surface area contributed by atoms with E-state index >= 15 is 0 Å². The molecule has 1 aromatic carbocycles. The second-order valence-electron chi connectivity index (χ2n) is 7.53. The Labute approximate surface area is 188 Å². The molecule has 0 aliphatic carbocycles. The number of carbonyl (C=O) groups is 2. The molecule has 3 heterocycles. The SMILES string of the molecule is CN(Cc1ccc(-c2ccc(Br)cc2)o1)C(=O)[C@@H]1CCCN(C(=O)c2cccs2)C1. The fraction of sp³-hybridized carbons (Fsp3) is 0.304. The monoisotopic (exact) mass is 486 g/mol. The maximum atomic E-state index is 13.0. The fourth-order valence-electron chi connectivity index (χ4n) is 3.77. The van der Waals surface area contributed by atoms with Crippen LogP contribution in [-0.4, -0.2) is 41.8 Å². The number of furan rings is 1. The van der Waals surface area contributed by atoms with E-state index in [1.54, 1.807) is 11.9 Å². The number of hydrogen-bond acceptors (Lipinski definition) is 4. The van der Waals surface area contributed by atoms with Gasteiger partial charge in [0, 0.05) is 30.2 Å². The van der Waals surface area contributed by atoms with Gasteiger partial charge in [-0.25, -0.2) is 0 Å². The van der Waals surface area contributed by atoms with Crippen molar-refractivity contribution in [2.24, 2.45) is 5.92 Å². The summed E-state index contributed by atoms with van der Waals surface area (Å²) in [6.07, 6.45) is 1.65. The van der Waals surface area contributed by atoms with Gasteiger partial charge in [0.2, 0.25) is 5.91 Å². The molecule has 1 atom stereocenters. The van der Waals surface area contributed by atoms with Gasteiger partial charge in [-0.1, -0.05) is 34.1 Å². The van der Waals surface area contributed by atoms with Crippen LogP contribution < -0.4 is 0 Å². The Bertz CT molecular complexity index is 1010. The highest BCUT2D eigenvalue weighted by molar-refractivity contribution is 9.10. The number of benzene rings is 1. The highest BCUT2D eigenvalue weighted by atomic mass is 79.9. The summed E-state index contributed by atoms with van der Waals surface area (Å²) in [6.45, 7) is 1.59. The lowest BCUT2D eigenvalue weighted by molar-refractivity contribution is -0.136. The van der Waals surface area contributed by atoms with E-state index in [0.717, 1.165) is 39.3 Å². The summed E-state index contributed by atoms with van der Waals surface area (Å²) < 4.78 is 6.97. The van der Waals surface area contributed by atoms with Crippen LogP contribution in [0.2, 0.25) is 0 Å². The number of amides is 2. The van der Waals surface area contributed by atoms with Crippen LogP contribution in [0.15, 0.2) is 62.8 Å². The first kappa shape index (κ1) is 20.9. The van der Waals surface area contributed by atoms with E-state index in [9.17, 15) is 9.59 Å². The average molecular weight is 487 g/mol. The molecule has 4 rings (SSSR count). The summed E-state index contributed by atoms with van der Waals surface area (Å²) in [5, 5.41) is 1.90. The van der Waals surface area contributed by atoms with Crippen molar-refractivity contribution in [1.29, 1.82) is 0 Å². The first-order valence-corrected chi connectivity index (χ1v) is 11.6. The Hall–Kier alpha value is -2.38. The largest absolute Gasteiger partial charge is 0.459 e. The van der Waals surface area contributed by atoms with E-state index < -0.39 is 0 Å². The number of halogens is 1. The fourth-order valence-corrected chi connectivity index (χ4v) is 4.73. The van der Waals surface area contributed by atoms with E-state index in [2.05, 4.69) is 15.9 Å². The summed E-state index contributed by atoms with van der Waals surface area (Å²) in [5.41, 5.74) is 0.994. The third-order valence-electron chi connectivity index (χ3n) is 5.35. The predicted octanol–water partition coefficient (Wildman–Crippen LogP) is 5.28. The van der Waals surface area contributed by atoms with Gasteiger partial charge in [-0.2, -0.15) is 0 Å². The molecule has 0 spiro atoms. The Balaban J connectivity index is 1.37. The molecule has 1 aliphatic rings. The molecule has 156 valence electrons. The number of hydrogen-bond donors (Lipinski definition) is 0. The first-order valence-electron chi connectivity index (χ1n) is 9.93. The van der Waals surface area contributed by atoms with Gasteiger partial charge in [0.25, 0.3) is 5.91 Å². The zero-order valence-corrected chi connectivity index (χ0v) is 19.1. The molecular formula is C23H23BrN2O3S. The van der Waals surface area contributed by atoms with Crippen LogP contribution in [0.25, 0.3) is 11.3 Å². The lowest BCUT2D eigenvalue weighted by Crippen LogP contribution is -2.45. The molecular weight excluding hydrogens is 464 g/mol. The number of nitrogens with zero attached hydrogens (tertiary/aromatic N) is 2. The Morgan fingerprint density at radius 2 is 2.00 bits per heavy atom. The van der Waals surface area contributed by atoms with Crippen molar-refractivity contribution in [3.05, 3.63) is 69.0 Å². The smallest absolute Gasteiger partial charge is 0.263 e. The number of likely N-dealkylation sites (tertiary alicyclic amines) is 1. The normalized spacial score (nSPS) is 16.5. The number of carbonyl (C=O) groups excluding carboxylic acids is 2. The third kappa shape index (κ3) is 4.68. The van der Waals surface area contributed by atoms with E-state index in [-0.39, 0.29) is 17.7 Å². The van der Waals surface area contributed by atoms with Crippen LogP contribution >= 0.6 is 27.3 Å². The standard InChI is InChI=1S/C23H23BrN2O3S/c1-25(15-19-10-11-20(29-19)16-6-8-18(24)9-7-16)22(27)17-4-2-12-26(14-17)23(28)21-5-3-13-30-21/h3,5-11,13,17H,2,4,12,14-15H2,1H3/t17-/m1/s1. The molecule has 2 amide bonds. The highest BCUT2D eigenvalue weighted by Crippen LogP contribution is 2.26. The highest BCUT2D eigenvalue weighted by Gasteiger charge is 2.31. The molecule has 1 fully saturated rings. The van der Waals surface area contributed by atoms with Gasteiger partial charge >= 0.3 is 0 Å². The van der Waals surface area contributed by atoms with Gasteiger partial charge in [-0.05, 0) is 48.6 Å². The Morgan fingerprint density at radius 1 is 1.20 bits per heavy atom. The Morgan fingerprint density at radius 3 is 2.73 bits per heavy atom. The molecule has 0 N–H and O–H groups in total. The zero-order chi connectivity index (χ0) is 21.1. The predicted molar refractivity (Wildman–Crippen MR) is 121 cm³/mol. The molecule has 0 radical (unpaired) electrons. The van der Waals surface area contributed by atoms with E-state index in [1.807, 2.05) is 58.8 Å². The molecule has 0 saturated carbocycles. The van der Waals surface area contributed by atoms with Crippen LogP contribution in [0, 0.1) is 5.92 Å². The van der Waals surface area contributed by atoms with Gasteiger partial charge in [-0.3, -0.25) is 9.59 Å². The summed E-state index contributed by atoms with van der Waals surface area (Å²) in [5.74, 6) is 1.43. The first-order chi connectivity index (χ1) is 14.5. The minimum Gasteiger partial charge on any atom is -0.459 e. The summed E-state index contributed by atoms with van der Waals surface area (Å²) in [7, 11) is 1.80. The van der Waals surface area contributed by atoms with Crippen LogP contribution in [0.1, 0.15) is 28.3 Å². The number of piperidine rings is 1. The minimum absolute atomic E-state index is 0.0235. The topological polar surface area (TPSA) is 53.8 Å². The molecule has 30 heavy (non-hydrogen) atoms. The van der Waals surface area contributed by atoms with E-state index in [0.29, 0.717) is 19.6 Å². The van der Waals surface area contributed by atoms with Gasteiger partial charge in [0.1, 0.15) is 11.5 Å². The van der Waals surface area contributed by atoms with Crippen molar-refractivity contribution in [2.45, 2.75) is 19.4 Å². The maximum absolute atomic E-state index is 13.0. The van der Waals surface area contributed by atoms with Gasteiger partial charge in [0.05, 0.1) is 17.3 Å².